The van der Waals surface area contributed by atoms with Crippen LogP contribution in [0.4, 0.5) is 9.80 Å². The Balaban J connectivity index is 1.93. The highest BCUT2D eigenvalue weighted by atomic mass is 35.5. The molecule has 3 aromatic rings. The van der Waals surface area contributed by atoms with Crippen LogP contribution in [0.25, 0.3) is 11.3 Å². The lowest BCUT2D eigenvalue weighted by atomic mass is 9.76. The van der Waals surface area contributed by atoms with Gasteiger partial charge in [-0.05, 0) is 23.5 Å². The summed E-state index contributed by atoms with van der Waals surface area (Å²) in [5.74, 6) is -0.957. The van der Waals surface area contributed by atoms with Gasteiger partial charge in [0.15, 0.2) is 0 Å². The van der Waals surface area contributed by atoms with Crippen molar-refractivity contribution in [2.45, 2.75) is 33.2 Å². The molecular formula is C23H26Cl2N4O3S. The van der Waals surface area contributed by atoms with Crippen LogP contribution in [0.15, 0.2) is 42.6 Å². The largest absolute Gasteiger partial charge is 0.465 e. The third kappa shape index (κ3) is 6.07. The number of carboxylic acid groups (broad SMARTS) is 1. The molecule has 2 aromatic heterocycles. The number of carbonyl (C=O) groups is 2. The van der Waals surface area contributed by atoms with Gasteiger partial charge in [-0.2, -0.15) is 5.10 Å². The summed E-state index contributed by atoms with van der Waals surface area (Å²) in [6, 6.07) is 10.7. The highest BCUT2D eigenvalue weighted by Crippen LogP contribution is 2.41. The van der Waals surface area contributed by atoms with Gasteiger partial charge in [0.05, 0.1) is 27.8 Å². The molecule has 2 heterocycles. The SMILES string of the molecule is Cn1ncc(Cl)c1-c1cc(NC(=O)C(Cc2ccccc2)C(NC(=O)O)C(C)(C)C)sc1Cl. The fraction of sp³-hybridized carbons (Fsp3) is 0.348. The van der Waals surface area contributed by atoms with E-state index in [1.54, 1.807) is 17.8 Å². The van der Waals surface area contributed by atoms with Gasteiger partial charge in [0.1, 0.15) is 4.34 Å². The van der Waals surface area contributed by atoms with Crippen molar-refractivity contribution in [3.8, 4) is 11.3 Å². The van der Waals surface area contributed by atoms with Crippen molar-refractivity contribution in [2.75, 3.05) is 5.32 Å². The molecule has 0 aliphatic heterocycles. The Hall–Kier alpha value is -2.55. The van der Waals surface area contributed by atoms with Crippen LogP contribution >= 0.6 is 34.5 Å². The number of halogens is 2. The normalized spacial score (nSPS) is 13.4. The van der Waals surface area contributed by atoms with Gasteiger partial charge in [-0.15, -0.1) is 11.3 Å². The van der Waals surface area contributed by atoms with Gasteiger partial charge in [-0.1, -0.05) is 74.3 Å². The average Bonchev–Trinajstić information content (AvgIpc) is 3.24. The van der Waals surface area contributed by atoms with E-state index in [1.807, 2.05) is 51.1 Å². The number of rotatable bonds is 7. The van der Waals surface area contributed by atoms with E-state index in [2.05, 4.69) is 15.7 Å². The molecule has 0 aliphatic carbocycles. The van der Waals surface area contributed by atoms with Crippen molar-refractivity contribution in [3.05, 3.63) is 57.5 Å². The topological polar surface area (TPSA) is 96.3 Å². The van der Waals surface area contributed by atoms with E-state index < -0.39 is 23.5 Å². The van der Waals surface area contributed by atoms with E-state index in [9.17, 15) is 14.7 Å². The lowest BCUT2D eigenvalue weighted by molar-refractivity contribution is -0.121. The summed E-state index contributed by atoms with van der Waals surface area (Å²) in [6.07, 6.45) is 0.729. The predicted molar refractivity (Wildman–Crippen MR) is 133 cm³/mol. The molecule has 2 unspecified atom stereocenters. The van der Waals surface area contributed by atoms with Gasteiger partial charge in [0, 0.05) is 18.7 Å². The van der Waals surface area contributed by atoms with E-state index in [4.69, 9.17) is 23.2 Å². The highest BCUT2D eigenvalue weighted by molar-refractivity contribution is 7.20. The second-order valence-electron chi connectivity index (χ2n) is 8.84. The molecule has 2 atom stereocenters. The molecule has 0 saturated carbocycles. The summed E-state index contributed by atoms with van der Waals surface area (Å²) in [5.41, 5.74) is 1.75. The third-order valence-corrected chi connectivity index (χ3v) is 6.88. The Kier molecular flexibility index (Phi) is 7.72. The van der Waals surface area contributed by atoms with Gasteiger partial charge >= 0.3 is 6.09 Å². The second-order valence-corrected chi connectivity index (χ2v) is 10.9. The lowest BCUT2D eigenvalue weighted by Crippen LogP contribution is -2.52. The first-order valence-corrected chi connectivity index (χ1v) is 11.9. The Morgan fingerprint density at radius 3 is 2.42 bits per heavy atom. The molecule has 7 nitrogen and oxygen atoms in total. The number of aromatic nitrogens is 2. The van der Waals surface area contributed by atoms with Crippen molar-refractivity contribution in [2.24, 2.45) is 18.4 Å². The van der Waals surface area contributed by atoms with E-state index in [-0.39, 0.29) is 5.91 Å². The third-order valence-electron chi connectivity index (χ3n) is 5.33. The first-order chi connectivity index (χ1) is 15.5. The molecule has 176 valence electrons. The molecule has 0 saturated heterocycles. The number of nitrogens with zero attached hydrogens (tertiary/aromatic N) is 2. The molecule has 0 spiro atoms. The van der Waals surface area contributed by atoms with Gasteiger partial charge in [0.25, 0.3) is 0 Å². The van der Waals surface area contributed by atoms with Gasteiger partial charge < -0.3 is 15.7 Å². The number of nitrogens with one attached hydrogen (secondary N) is 2. The lowest BCUT2D eigenvalue weighted by Gasteiger charge is -2.36. The van der Waals surface area contributed by atoms with Crippen molar-refractivity contribution < 1.29 is 14.7 Å². The molecule has 0 aliphatic rings. The average molecular weight is 509 g/mol. The molecule has 2 amide bonds. The second kappa shape index (κ2) is 10.2. The fourth-order valence-electron chi connectivity index (χ4n) is 3.80. The van der Waals surface area contributed by atoms with E-state index >= 15 is 0 Å². The van der Waals surface area contributed by atoms with Crippen LogP contribution in [0.5, 0.6) is 0 Å². The summed E-state index contributed by atoms with van der Waals surface area (Å²) in [7, 11) is 1.76. The number of carbonyl (C=O) groups excluding carboxylic acids is 1. The Morgan fingerprint density at radius 1 is 1.21 bits per heavy atom. The molecule has 33 heavy (non-hydrogen) atoms. The molecule has 3 rings (SSSR count). The van der Waals surface area contributed by atoms with Crippen LogP contribution in [0.1, 0.15) is 26.3 Å². The van der Waals surface area contributed by atoms with Crippen LogP contribution in [0, 0.1) is 11.3 Å². The van der Waals surface area contributed by atoms with Gasteiger partial charge in [-0.25, -0.2) is 4.79 Å². The minimum atomic E-state index is -1.17. The number of hydrogen-bond acceptors (Lipinski definition) is 4. The molecule has 0 fully saturated rings. The first-order valence-electron chi connectivity index (χ1n) is 10.3. The minimum absolute atomic E-state index is 0.298. The van der Waals surface area contributed by atoms with E-state index in [1.165, 1.54) is 17.5 Å². The Morgan fingerprint density at radius 2 is 1.88 bits per heavy atom. The van der Waals surface area contributed by atoms with E-state index in [0.29, 0.717) is 32.0 Å². The number of benzene rings is 1. The maximum atomic E-state index is 13.5. The number of amides is 2. The number of thiophene rings is 1. The van der Waals surface area contributed by atoms with Crippen molar-refractivity contribution in [1.82, 2.24) is 15.1 Å². The van der Waals surface area contributed by atoms with E-state index in [0.717, 1.165) is 5.56 Å². The molecule has 10 heteroatoms. The first kappa shape index (κ1) is 25.1. The smallest absolute Gasteiger partial charge is 0.404 e. The zero-order valence-corrected chi connectivity index (χ0v) is 21.1. The molecule has 0 radical (unpaired) electrons. The summed E-state index contributed by atoms with van der Waals surface area (Å²) in [4.78, 5) is 25.1. The van der Waals surface area contributed by atoms with Crippen LogP contribution in [-0.2, 0) is 18.3 Å². The van der Waals surface area contributed by atoms with Crippen molar-refractivity contribution in [3.63, 3.8) is 0 Å². The fourth-order valence-corrected chi connectivity index (χ4v) is 5.25. The number of anilines is 1. The number of aryl methyl sites for hydroxylation is 1. The van der Waals surface area contributed by atoms with Gasteiger partial charge in [0.2, 0.25) is 5.91 Å². The van der Waals surface area contributed by atoms with Crippen molar-refractivity contribution >= 4 is 51.5 Å². The maximum Gasteiger partial charge on any atom is 0.404 e. The molecule has 1 aromatic carbocycles. The Labute approximate surface area is 206 Å². The summed E-state index contributed by atoms with van der Waals surface area (Å²) < 4.78 is 2.08. The van der Waals surface area contributed by atoms with Crippen molar-refractivity contribution in [1.29, 1.82) is 0 Å². The number of hydrogen-bond donors (Lipinski definition) is 3. The monoisotopic (exact) mass is 508 g/mol. The minimum Gasteiger partial charge on any atom is -0.465 e. The van der Waals surface area contributed by atoms with Crippen LogP contribution in [0.3, 0.4) is 0 Å². The maximum absolute atomic E-state index is 13.5. The molecule has 0 bridgehead atoms. The summed E-state index contributed by atoms with van der Waals surface area (Å²) >= 11 is 13.9. The Bertz CT molecular complexity index is 1120. The quantitative estimate of drug-likeness (QED) is 0.368. The molecule has 3 N–H and O–H groups in total. The standard InChI is InChI=1S/C23H26Cl2N4O3S/c1-23(2,3)19(28-22(31)32)15(10-13-8-6-5-7-9-13)21(30)27-17-11-14(20(25)33-17)18-16(24)12-26-29(18)4/h5-9,11-12,15,19,28H,10H2,1-4H3,(H,27,30)(H,31,32). The predicted octanol–water partition coefficient (Wildman–Crippen LogP) is 5.94. The zero-order chi connectivity index (χ0) is 24.3. The highest BCUT2D eigenvalue weighted by Gasteiger charge is 2.38. The van der Waals surface area contributed by atoms with Gasteiger partial charge in [-0.3, -0.25) is 9.48 Å². The van der Waals surface area contributed by atoms with Crippen LogP contribution < -0.4 is 10.6 Å². The summed E-state index contributed by atoms with van der Waals surface area (Å²) in [6.45, 7) is 5.72. The van der Waals surface area contributed by atoms with Crippen LogP contribution in [-0.4, -0.2) is 32.9 Å². The van der Waals surface area contributed by atoms with Crippen LogP contribution in [0.2, 0.25) is 9.36 Å². The zero-order valence-electron chi connectivity index (χ0n) is 18.7. The summed E-state index contributed by atoms with van der Waals surface area (Å²) in [5, 5.41) is 20.1. The molecular weight excluding hydrogens is 483 g/mol.